The van der Waals surface area contributed by atoms with Crippen molar-refractivity contribution in [3.8, 4) is 0 Å². The summed E-state index contributed by atoms with van der Waals surface area (Å²) in [5.41, 5.74) is 0.836. The molecular formula is C10H12N2O3. The highest BCUT2D eigenvalue weighted by atomic mass is 16.6. The van der Waals surface area contributed by atoms with Crippen LogP contribution in [0.4, 0.5) is 5.69 Å². The molecule has 2 atom stereocenters. The molecule has 2 N–H and O–H groups in total. The van der Waals surface area contributed by atoms with E-state index in [1.165, 1.54) is 12.1 Å². The summed E-state index contributed by atoms with van der Waals surface area (Å²) in [5, 5.41) is 23.3. The van der Waals surface area contributed by atoms with Gasteiger partial charge in [-0.1, -0.05) is 12.1 Å². The predicted molar refractivity (Wildman–Crippen MR) is 54.5 cm³/mol. The van der Waals surface area contributed by atoms with Crippen LogP contribution in [-0.4, -0.2) is 22.7 Å². The highest BCUT2D eigenvalue weighted by molar-refractivity contribution is 5.36. The van der Waals surface area contributed by atoms with E-state index in [1.807, 2.05) is 0 Å². The van der Waals surface area contributed by atoms with Gasteiger partial charge in [-0.2, -0.15) is 0 Å². The number of nitro benzene ring substituents is 1. The van der Waals surface area contributed by atoms with Gasteiger partial charge in [-0.05, 0) is 18.5 Å². The maximum absolute atomic E-state index is 10.6. The van der Waals surface area contributed by atoms with Crippen molar-refractivity contribution in [3.63, 3.8) is 0 Å². The largest absolute Gasteiger partial charge is 0.391 e. The van der Waals surface area contributed by atoms with Crippen LogP contribution in [0.15, 0.2) is 24.3 Å². The zero-order valence-corrected chi connectivity index (χ0v) is 8.09. The molecule has 5 heteroatoms. The number of aliphatic hydroxyl groups is 1. The van der Waals surface area contributed by atoms with Gasteiger partial charge < -0.3 is 10.4 Å². The SMILES string of the molecule is O=[N+]([O-])c1cccc([C@H]2NCC[C@H]2O)c1. The molecule has 1 saturated heterocycles. The number of nitrogens with one attached hydrogen (secondary N) is 1. The average molecular weight is 208 g/mol. The van der Waals surface area contributed by atoms with E-state index in [2.05, 4.69) is 5.32 Å². The Morgan fingerprint density at radius 3 is 2.93 bits per heavy atom. The molecule has 0 saturated carbocycles. The molecule has 1 heterocycles. The minimum atomic E-state index is -0.452. The zero-order valence-electron chi connectivity index (χ0n) is 8.09. The fourth-order valence-electron chi connectivity index (χ4n) is 1.86. The van der Waals surface area contributed by atoms with Gasteiger partial charge in [0.15, 0.2) is 0 Å². The summed E-state index contributed by atoms with van der Waals surface area (Å²) in [7, 11) is 0. The lowest BCUT2D eigenvalue weighted by Crippen LogP contribution is -2.20. The summed E-state index contributed by atoms with van der Waals surface area (Å²) in [6, 6.07) is 6.21. The smallest absolute Gasteiger partial charge is 0.269 e. The van der Waals surface area contributed by atoms with E-state index in [1.54, 1.807) is 12.1 Å². The Morgan fingerprint density at radius 2 is 2.33 bits per heavy atom. The van der Waals surface area contributed by atoms with Crippen molar-refractivity contribution in [1.29, 1.82) is 0 Å². The maximum Gasteiger partial charge on any atom is 0.269 e. The molecule has 1 fully saturated rings. The average Bonchev–Trinajstić information content (AvgIpc) is 2.64. The third kappa shape index (κ3) is 1.98. The number of hydrogen-bond donors (Lipinski definition) is 2. The van der Waals surface area contributed by atoms with Crippen LogP contribution in [0.5, 0.6) is 0 Å². The molecule has 0 aromatic heterocycles. The number of nitro groups is 1. The Morgan fingerprint density at radius 1 is 1.53 bits per heavy atom. The monoisotopic (exact) mass is 208 g/mol. The first-order valence-corrected chi connectivity index (χ1v) is 4.84. The third-order valence-corrected chi connectivity index (χ3v) is 2.63. The Hall–Kier alpha value is -1.46. The zero-order chi connectivity index (χ0) is 10.8. The number of nitrogens with zero attached hydrogens (tertiary/aromatic N) is 1. The minimum Gasteiger partial charge on any atom is -0.391 e. The van der Waals surface area contributed by atoms with Gasteiger partial charge in [0.2, 0.25) is 0 Å². The van der Waals surface area contributed by atoms with E-state index in [9.17, 15) is 15.2 Å². The molecule has 1 aromatic rings. The van der Waals surface area contributed by atoms with Crippen molar-refractivity contribution in [1.82, 2.24) is 5.32 Å². The minimum absolute atomic E-state index is 0.0633. The molecular weight excluding hydrogens is 196 g/mol. The first kappa shape index (κ1) is 10.1. The van der Waals surface area contributed by atoms with Crippen LogP contribution in [0.1, 0.15) is 18.0 Å². The second-order valence-corrected chi connectivity index (χ2v) is 3.64. The van der Waals surface area contributed by atoms with Crippen molar-refractivity contribution in [2.75, 3.05) is 6.54 Å². The molecule has 15 heavy (non-hydrogen) atoms. The summed E-state index contributed by atoms with van der Waals surface area (Å²) in [5.74, 6) is 0. The summed E-state index contributed by atoms with van der Waals surface area (Å²) < 4.78 is 0. The molecule has 1 aliphatic rings. The molecule has 0 amide bonds. The number of non-ortho nitro benzene ring substituents is 1. The van der Waals surface area contributed by atoms with Crippen LogP contribution in [0.25, 0.3) is 0 Å². The summed E-state index contributed by atoms with van der Waals surface area (Å²) >= 11 is 0. The van der Waals surface area contributed by atoms with Gasteiger partial charge in [0.05, 0.1) is 17.1 Å². The topological polar surface area (TPSA) is 75.4 Å². The summed E-state index contributed by atoms with van der Waals surface area (Å²) in [6.45, 7) is 0.745. The van der Waals surface area contributed by atoms with Crippen LogP contribution >= 0.6 is 0 Å². The van der Waals surface area contributed by atoms with Crippen molar-refractivity contribution in [2.45, 2.75) is 18.6 Å². The maximum atomic E-state index is 10.6. The molecule has 0 spiro atoms. The highest BCUT2D eigenvalue weighted by Gasteiger charge is 2.26. The lowest BCUT2D eigenvalue weighted by molar-refractivity contribution is -0.384. The third-order valence-electron chi connectivity index (χ3n) is 2.63. The van der Waals surface area contributed by atoms with E-state index in [0.29, 0.717) is 6.42 Å². The van der Waals surface area contributed by atoms with Gasteiger partial charge in [-0.3, -0.25) is 10.1 Å². The van der Waals surface area contributed by atoms with Crippen LogP contribution in [0.2, 0.25) is 0 Å². The second kappa shape index (κ2) is 3.96. The molecule has 0 aliphatic carbocycles. The standard InChI is InChI=1S/C10H12N2O3/c13-9-4-5-11-10(9)7-2-1-3-8(6-7)12(14)15/h1-3,6,9-11,13H,4-5H2/t9-,10-/m1/s1. The molecule has 1 aromatic carbocycles. The number of hydrogen-bond acceptors (Lipinski definition) is 4. The Labute approximate surface area is 86.9 Å². The van der Waals surface area contributed by atoms with Gasteiger partial charge in [0.1, 0.15) is 0 Å². The summed E-state index contributed by atoms with van der Waals surface area (Å²) in [4.78, 5) is 10.1. The Bertz CT molecular complexity index is 381. The number of aliphatic hydroxyl groups excluding tert-OH is 1. The molecule has 1 aliphatic heterocycles. The first-order valence-electron chi connectivity index (χ1n) is 4.84. The van der Waals surface area contributed by atoms with E-state index in [0.717, 1.165) is 12.1 Å². The predicted octanol–water partition coefficient (Wildman–Crippen LogP) is 0.990. The summed E-state index contributed by atoms with van der Waals surface area (Å²) in [6.07, 6.45) is 0.236. The number of rotatable bonds is 2. The molecule has 0 bridgehead atoms. The second-order valence-electron chi connectivity index (χ2n) is 3.64. The number of benzene rings is 1. The lowest BCUT2D eigenvalue weighted by atomic mass is 10.0. The van der Waals surface area contributed by atoms with Gasteiger partial charge >= 0.3 is 0 Å². The van der Waals surface area contributed by atoms with Gasteiger partial charge in [-0.15, -0.1) is 0 Å². The van der Waals surface area contributed by atoms with E-state index >= 15 is 0 Å². The normalized spacial score (nSPS) is 25.4. The van der Waals surface area contributed by atoms with Gasteiger partial charge in [0, 0.05) is 12.1 Å². The van der Waals surface area contributed by atoms with E-state index in [4.69, 9.17) is 0 Å². The van der Waals surface area contributed by atoms with E-state index < -0.39 is 11.0 Å². The molecule has 5 nitrogen and oxygen atoms in total. The van der Waals surface area contributed by atoms with Crippen molar-refractivity contribution in [2.24, 2.45) is 0 Å². The van der Waals surface area contributed by atoms with Crippen LogP contribution in [-0.2, 0) is 0 Å². The first-order chi connectivity index (χ1) is 7.18. The Kier molecular flexibility index (Phi) is 2.66. The van der Waals surface area contributed by atoms with Crippen molar-refractivity contribution >= 4 is 5.69 Å². The van der Waals surface area contributed by atoms with Crippen LogP contribution < -0.4 is 5.32 Å². The molecule has 80 valence electrons. The van der Waals surface area contributed by atoms with Gasteiger partial charge in [0.25, 0.3) is 5.69 Å². The lowest BCUT2D eigenvalue weighted by Gasteiger charge is -2.14. The van der Waals surface area contributed by atoms with E-state index in [-0.39, 0.29) is 11.7 Å². The van der Waals surface area contributed by atoms with Gasteiger partial charge in [-0.25, -0.2) is 0 Å². The molecule has 2 rings (SSSR count). The quantitative estimate of drug-likeness (QED) is 0.561. The fraction of sp³-hybridized carbons (Fsp3) is 0.400. The molecule has 0 unspecified atom stereocenters. The van der Waals surface area contributed by atoms with Crippen molar-refractivity contribution < 1.29 is 10.0 Å². The molecule has 0 radical (unpaired) electrons. The fourth-order valence-corrected chi connectivity index (χ4v) is 1.86. The van der Waals surface area contributed by atoms with Crippen LogP contribution in [0.3, 0.4) is 0 Å². The van der Waals surface area contributed by atoms with Crippen LogP contribution in [0, 0.1) is 10.1 Å². The highest BCUT2D eigenvalue weighted by Crippen LogP contribution is 2.26. The Balaban J connectivity index is 2.28. The van der Waals surface area contributed by atoms with Crippen molar-refractivity contribution in [3.05, 3.63) is 39.9 Å².